The summed E-state index contributed by atoms with van der Waals surface area (Å²) in [6, 6.07) is 12.0. The van der Waals surface area contributed by atoms with Crippen LogP contribution in [0.4, 0.5) is 10.1 Å². The molecule has 1 atom stereocenters. The van der Waals surface area contributed by atoms with Crippen LogP contribution < -0.4 is 4.90 Å². The van der Waals surface area contributed by atoms with Crippen molar-refractivity contribution in [2.45, 2.75) is 26.3 Å². The number of rotatable bonds is 4. The van der Waals surface area contributed by atoms with Crippen LogP contribution >= 0.6 is 0 Å². The summed E-state index contributed by atoms with van der Waals surface area (Å²) in [4.78, 5) is 8.22. The Morgan fingerprint density at radius 1 is 1.21 bits per heavy atom. The number of benzene rings is 2. The van der Waals surface area contributed by atoms with E-state index in [0.29, 0.717) is 11.5 Å². The van der Waals surface area contributed by atoms with Crippen molar-refractivity contribution in [2.75, 3.05) is 11.4 Å². The summed E-state index contributed by atoms with van der Waals surface area (Å²) >= 11 is 0. The van der Waals surface area contributed by atoms with Gasteiger partial charge >= 0.3 is 0 Å². The first-order valence-corrected chi connectivity index (χ1v) is 9.36. The molecule has 0 N–H and O–H groups in total. The lowest BCUT2D eigenvalue weighted by Crippen LogP contribution is -2.41. The van der Waals surface area contributed by atoms with Gasteiger partial charge in [-0.1, -0.05) is 17.3 Å². The van der Waals surface area contributed by atoms with Gasteiger partial charge in [0.05, 0.1) is 23.6 Å². The molecule has 1 aliphatic heterocycles. The molecule has 1 fully saturated rings. The summed E-state index contributed by atoms with van der Waals surface area (Å²) in [6.07, 6.45) is 4.12. The van der Waals surface area contributed by atoms with E-state index in [1.165, 1.54) is 6.07 Å². The molecule has 7 nitrogen and oxygen atoms in total. The zero-order valence-corrected chi connectivity index (χ0v) is 16.0. The average Bonchev–Trinajstić information content (AvgIpc) is 3.34. The Kier molecular flexibility index (Phi) is 4.12. The Morgan fingerprint density at radius 2 is 2.03 bits per heavy atom. The lowest BCUT2D eigenvalue weighted by atomic mass is 10.00. The van der Waals surface area contributed by atoms with Crippen LogP contribution in [0.1, 0.15) is 29.5 Å². The van der Waals surface area contributed by atoms with E-state index in [2.05, 4.69) is 37.4 Å². The Bertz CT molecular complexity index is 1150. The second-order valence-corrected chi connectivity index (χ2v) is 7.12. The van der Waals surface area contributed by atoms with Crippen molar-refractivity contribution in [1.29, 1.82) is 0 Å². The van der Waals surface area contributed by atoms with Gasteiger partial charge in [-0.25, -0.2) is 4.39 Å². The molecule has 2 aromatic heterocycles. The van der Waals surface area contributed by atoms with Crippen molar-refractivity contribution in [3.05, 3.63) is 71.6 Å². The Balaban J connectivity index is 1.50. The van der Waals surface area contributed by atoms with E-state index in [9.17, 15) is 4.39 Å². The minimum atomic E-state index is -0.358. The first-order chi connectivity index (χ1) is 14.1. The molecule has 3 heterocycles. The number of aryl methyl sites for hydroxylation is 2. The number of aromatic nitrogens is 5. The molecule has 1 saturated heterocycles. The van der Waals surface area contributed by atoms with E-state index in [4.69, 9.17) is 4.52 Å². The first-order valence-electron chi connectivity index (χ1n) is 9.36. The monoisotopic (exact) mass is 389 g/mol. The molecule has 29 heavy (non-hydrogen) atoms. The maximum absolute atomic E-state index is 14.3. The van der Waals surface area contributed by atoms with Crippen LogP contribution in [0.3, 0.4) is 0 Å². The highest BCUT2D eigenvalue weighted by molar-refractivity contribution is 5.65. The maximum Gasteiger partial charge on any atom is 0.249 e. The van der Waals surface area contributed by atoms with Gasteiger partial charge in [0.1, 0.15) is 17.5 Å². The second kappa shape index (κ2) is 6.80. The Labute approximate surface area is 166 Å². The smallest absolute Gasteiger partial charge is 0.249 e. The van der Waals surface area contributed by atoms with E-state index in [-0.39, 0.29) is 17.7 Å². The number of nitrogens with zero attached hydrogens (tertiary/aromatic N) is 6. The van der Waals surface area contributed by atoms with Crippen LogP contribution in [0, 0.1) is 25.7 Å². The molecule has 4 aromatic rings. The molecule has 0 spiro atoms. The molecule has 5 rings (SSSR count). The average molecular weight is 389 g/mol. The lowest BCUT2D eigenvalue weighted by Gasteiger charge is -2.41. The van der Waals surface area contributed by atoms with E-state index in [0.717, 1.165) is 35.5 Å². The van der Waals surface area contributed by atoms with Crippen molar-refractivity contribution < 1.29 is 8.91 Å². The van der Waals surface area contributed by atoms with Crippen LogP contribution in [-0.4, -0.2) is 31.7 Å². The van der Waals surface area contributed by atoms with E-state index in [1.54, 1.807) is 23.3 Å². The summed E-state index contributed by atoms with van der Waals surface area (Å²) in [5.41, 5.74) is 3.92. The maximum atomic E-state index is 14.3. The molecular weight excluding hydrogens is 371 g/mol. The molecule has 2 aromatic carbocycles. The molecule has 0 unspecified atom stereocenters. The first kappa shape index (κ1) is 17.5. The predicted molar refractivity (Wildman–Crippen MR) is 104 cm³/mol. The summed E-state index contributed by atoms with van der Waals surface area (Å²) in [5, 5.41) is 12.5. The van der Waals surface area contributed by atoms with Gasteiger partial charge < -0.3 is 9.42 Å². The highest BCUT2D eigenvalue weighted by atomic mass is 19.1. The van der Waals surface area contributed by atoms with E-state index >= 15 is 0 Å². The fourth-order valence-corrected chi connectivity index (χ4v) is 3.61. The SMILES string of the molecule is Cc1c[c]c(-n2nccn2)c(N2CC[C@H]2c2nc(-c3c(C)cccc3F)no2)c1. The highest BCUT2D eigenvalue weighted by Gasteiger charge is 2.36. The number of hydrogen-bond acceptors (Lipinski definition) is 6. The summed E-state index contributed by atoms with van der Waals surface area (Å²) in [6.45, 7) is 4.67. The van der Waals surface area contributed by atoms with Gasteiger partial charge in [0, 0.05) is 12.6 Å². The normalized spacial score (nSPS) is 16.1. The zero-order chi connectivity index (χ0) is 20.0. The topological polar surface area (TPSA) is 72.9 Å². The largest absolute Gasteiger partial charge is 0.358 e. The van der Waals surface area contributed by atoms with Crippen LogP contribution in [0.25, 0.3) is 17.1 Å². The van der Waals surface area contributed by atoms with E-state index < -0.39 is 0 Å². The van der Waals surface area contributed by atoms with Crippen LogP contribution in [-0.2, 0) is 0 Å². The van der Waals surface area contributed by atoms with Gasteiger partial charge in [0.15, 0.2) is 0 Å². The molecule has 0 saturated carbocycles. The third-order valence-electron chi connectivity index (χ3n) is 5.16. The molecular formula is C21H18FN6O. The minimum Gasteiger partial charge on any atom is -0.358 e. The van der Waals surface area contributed by atoms with Crippen molar-refractivity contribution >= 4 is 5.69 Å². The zero-order valence-electron chi connectivity index (χ0n) is 16.0. The van der Waals surface area contributed by atoms with Crippen molar-refractivity contribution in [3.8, 4) is 17.1 Å². The molecule has 0 aliphatic carbocycles. The third-order valence-corrected chi connectivity index (χ3v) is 5.16. The number of halogens is 1. The predicted octanol–water partition coefficient (Wildman–Crippen LogP) is 3.82. The fourth-order valence-electron chi connectivity index (χ4n) is 3.61. The molecule has 145 valence electrons. The molecule has 0 amide bonds. The highest BCUT2D eigenvalue weighted by Crippen LogP contribution is 2.40. The minimum absolute atomic E-state index is 0.0900. The fraction of sp³-hybridized carbons (Fsp3) is 0.238. The van der Waals surface area contributed by atoms with Gasteiger partial charge in [-0.3, -0.25) is 0 Å². The van der Waals surface area contributed by atoms with Gasteiger partial charge in [-0.15, -0.1) is 4.80 Å². The van der Waals surface area contributed by atoms with Gasteiger partial charge in [-0.2, -0.15) is 15.2 Å². The van der Waals surface area contributed by atoms with E-state index in [1.807, 2.05) is 26.0 Å². The van der Waals surface area contributed by atoms with Crippen LogP contribution in [0.5, 0.6) is 0 Å². The van der Waals surface area contributed by atoms with Gasteiger partial charge in [0.2, 0.25) is 11.7 Å². The van der Waals surface area contributed by atoms with Crippen LogP contribution in [0.15, 0.2) is 47.2 Å². The standard InChI is InChI=1S/C21H18FN6O/c1-13-6-7-16(28-23-9-10-24-28)18(12-13)27-11-8-17(27)21-25-20(26-29-21)19-14(2)4-3-5-15(19)22/h3-6,9-10,12,17H,8,11H2,1-2H3/t17-/m0/s1. The lowest BCUT2D eigenvalue weighted by molar-refractivity contribution is 0.309. The molecule has 1 aliphatic rings. The van der Waals surface area contributed by atoms with Crippen molar-refractivity contribution in [3.63, 3.8) is 0 Å². The quantitative estimate of drug-likeness (QED) is 0.528. The number of hydrogen-bond donors (Lipinski definition) is 0. The Morgan fingerprint density at radius 3 is 2.76 bits per heavy atom. The van der Waals surface area contributed by atoms with Gasteiger partial charge in [-0.05, 0) is 49.6 Å². The summed E-state index contributed by atoms with van der Waals surface area (Å²) in [7, 11) is 0. The Hall–Kier alpha value is -3.55. The molecule has 8 heteroatoms. The van der Waals surface area contributed by atoms with Crippen molar-refractivity contribution in [1.82, 2.24) is 25.1 Å². The van der Waals surface area contributed by atoms with Gasteiger partial charge in [0.25, 0.3) is 0 Å². The third kappa shape index (κ3) is 2.97. The van der Waals surface area contributed by atoms with Crippen LogP contribution in [0.2, 0.25) is 0 Å². The molecule has 1 radical (unpaired) electrons. The summed E-state index contributed by atoms with van der Waals surface area (Å²) < 4.78 is 19.8. The molecule has 0 bridgehead atoms. The second-order valence-electron chi connectivity index (χ2n) is 7.12. The summed E-state index contributed by atoms with van der Waals surface area (Å²) in [5.74, 6) is 0.380. The number of anilines is 1. The van der Waals surface area contributed by atoms with Crippen molar-refractivity contribution in [2.24, 2.45) is 0 Å².